The summed E-state index contributed by atoms with van der Waals surface area (Å²) in [5.41, 5.74) is 1.17. The number of rotatable bonds is 5. The van der Waals surface area contributed by atoms with Gasteiger partial charge in [0.05, 0.1) is 0 Å². The van der Waals surface area contributed by atoms with Gasteiger partial charge in [-0.1, -0.05) is 79.4 Å². The van der Waals surface area contributed by atoms with E-state index in [1.165, 1.54) is 5.56 Å². The highest BCUT2D eigenvalue weighted by molar-refractivity contribution is 6.04. The largest absolute Gasteiger partial charge is 0.508 e. The smallest absolute Gasteiger partial charge is 0.328 e. The van der Waals surface area contributed by atoms with Gasteiger partial charge in [0.1, 0.15) is 11.5 Å². The summed E-state index contributed by atoms with van der Waals surface area (Å²) in [7, 11) is 0. The highest BCUT2D eigenvalue weighted by Crippen LogP contribution is 2.03. The van der Waals surface area contributed by atoms with Crippen molar-refractivity contribution in [3.05, 3.63) is 127 Å². The fourth-order valence-electron chi connectivity index (χ4n) is 1.81. The summed E-state index contributed by atoms with van der Waals surface area (Å²) in [5, 5.41) is 33.4. The molecule has 3 aromatic rings. The van der Waals surface area contributed by atoms with Crippen LogP contribution in [-0.2, 0) is 14.4 Å². The summed E-state index contributed by atoms with van der Waals surface area (Å²) in [6.45, 7) is 3.63. The molecule has 176 valence electrons. The fourth-order valence-corrected chi connectivity index (χ4v) is 1.81. The van der Waals surface area contributed by atoms with Crippen molar-refractivity contribution in [3.8, 4) is 11.5 Å². The molecule has 7 heteroatoms. The zero-order valence-electron chi connectivity index (χ0n) is 18.3. The van der Waals surface area contributed by atoms with Crippen LogP contribution < -0.4 is 0 Å². The van der Waals surface area contributed by atoms with Gasteiger partial charge in [-0.3, -0.25) is 4.79 Å². The van der Waals surface area contributed by atoms with Crippen molar-refractivity contribution in [1.29, 1.82) is 0 Å². The second-order valence-electron chi connectivity index (χ2n) is 6.03. The first-order valence-electron chi connectivity index (χ1n) is 9.76. The van der Waals surface area contributed by atoms with Gasteiger partial charge in [0, 0.05) is 12.2 Å². The van der Waals surface area contributed by atoms with Crippen LogP contribution in [-0.4, -0.2) is 38.1 Å². The monoisotopic (exact) mass is 462 g/mol. The van der Waals surface area contributed by atoms with E-state index in [0.717, 1.165) is 12.2 Å². The maximum absolute atomic E-state index is 10.6. The number of carboxylic acid groups (broad SMARTS) is 2. The Bertz CT molecular complexity index is 979. The van der Waals surface area contributed by atoms with Gasteiger partial charge in [-0.05, 0) is 42.0 Å². The molecule has 4 N–H and O–H groups in total. The molecule has 0 bridgehead atoms. The van der Waals surface area contributed by atoms with E-state index in [2.05, 4.69) is 6.58 Å². The number of hydrogen-bond donors (Lipinski definition) is 4. The molecule has 0 atom stereocenters. The maximum Gasteiger partial charge on any atom is 0.328 e. The van der Waals surface area contributed by atoms with E-state index < -0.39 is 17.7 Å². The quantitative estimate of drug-likeness (QED) is 0.394. The van der Waals surface area contributed by atoms with E-state index in [1.54, 1.807) is 48.5 Å². The van der Waals surface area contributed by atoms with E-state index >= 15 is 0 Å². The van der Waals surface area contributed by atoms with Crippen molar-refractivity contribution in [2.24, 2.45) is 0 Å². The van der Waals surface area contributed by atoms with Crippen molar-refractivity contribution in [2.75, 3.05) is 0 Å². The van der Waals surface area contributed by atoms with Crippen LogP contribution in [0.2, 0.25) is 0 Å². The Hall–Kier alpha value is -4.91. The number of benzene rings is 3. The molecule has 0 saturated heterocycles. The predicted molar refractivity (Wildman–Crippen MR) is 131 cm³/mol. The van der Waals surface area contributed by atoms with Crippen LogP contribution in [0.1, 0.15) is 5.56 Å². The Morgan fingerprint density at radius 2 is 0.882 bits per heavy atom. The lowest BCUT2D eigenvalue weighted by Crippen LogP contribution is -1.93. The van der Waals surface area contributed by atoms with Gasteiger partial charge in [-0.15, -0.1) is 0 Å². The van der Waals surface area contributed by atoms with Gasteiger partial charge in [0.15, 0.2) is 5.78 Å². The lowest BCUT2D eigenvalue weighted by molar-refractivity contribution is -0.132. The molecule has 0 aliphatic heterocycles. The van der Waals surface area contributed by atoms with Gasteiger partial charge in [0.25, 0.3) is 0 Å². The highest BCUT2D eigenvalue weighted by atomic mass is 16.4. The third-order valence-electron chi connectivity index (χ3n) is 3.33. The van der Waals surface area contributed by atoms with Crippen LogP contribution in [0.15, 0.2) is 122 Å². The Morgan fingerprint density at radius 3 is 1.09 bits per heavy atom. The lowest BCUT2D eigenvalue weighted by atomic mass is 10.2. The molecular formula is C27H26O7. The Kier molecular flexibility index (Phi) is 16.1. The molecule has 0 saturated carbocycles. The molecule has 34 heavy (non-hydrogen) atoms. The molecule has 0 aliphatic rings. The average Bonchev–Trinajstić information content (AvgIpc) is 2.84. The number of allylic oxidation sites excluding steroid dienone is 2. The molecule has 7 nitrogen and oxygen atoms in total. The molecule has 0 aromatic heterocycles. The van der Waals surface area contributed by atoms with Gasteiger partial charge in [-0.25, -0.2) is 9.59 Å². The number of phenolic OH excluding ortho intramolecular Hbond substituents is 2. The van der Waals surface area contributed by atoms with E-state index in [-0.39, 0.29) is 0 Å². The van der Waals surface area contributed by atoms with Crippen molar-refractivity contribution < 1.29 is 34.8 Å². The van der Waals surface area contributed by atoms with Crippen LogP contribution in [0.3, 0.4) is 0 Å². The van der Waals surface area contributed by atoms with Crippen molar-refractivity contribution in [1.82, 2.24) is 0 Å². The number of carbonyl (C=O) groups is 3. The van der Waals surface area contributed by atoms with Crippen LogP contribution in [0.4, 0.5) is 0 Å². The molecule has 0 aliphatic carbocycles. The minimum Gasteiger partial charge on any atom is -0.508 e. The van der Waals surface area contributed by atoms with Crippen LogP contribution in [0.25, 0.3) is 6.08 Å². The van der Waals surface area contributed by atoms with Gasteiger partial charge in [-0.2, -0.15) is 0 Å². The number of para-hydroxylation sites is 2. The van der Waals surface area contributed by atoms with E-state index in [0.29, 0.717) is 23.7 Å². The summed E-state index contributed by atoms with van der Waals surface area (Å²) >= 11 is 0. The SMILES string of the molecule is C=Cc1ccccc1.O=C(O)C=CC(=O)C=CC(=O)O.Oc1ccccc1.Oc1ccccc1. The van der Waals surface area contributed by atoms with Gasteiger partial charge >= 0.3 is 11.9 Å². The maximum atomic E-state index is 10.6. The number of aliphatic carboxylic acids is 2. The number of ketones is 1. The minimum atomic E-state index is -1.26. The van der Waals surface area contributed by atoms with Crippen LogP contribution >= 0.6 is 0 Å². The third-order valence-corrected chi connectivity index (χ3v) is 3.33. The van der Waals surface area contributed by atoms with E-state index in [9.17, 15) is 14.4 Å². The standard InChI is InChI=1S/C8H8.C7H6O5.2C6H6O/c1-2-8-6-4-3-5-7-8;8-5(1-3-6(9)10)2-4-7(11)12;2*7-6-4-2-1-3-5-6/h2-7H,1H2;1-4H,(H,9,10)(H,11,12);2*1-5,7H. The zero-order valence-corrected chi connectivity index (χ0v) is 18.3. The number of hydrogen-bond acceptors (Lipinski definition) is 5. The molecular weight excluding hydrogens is 436 g/mol. The summed E-state index contributed by atoms with van der Waals surface area (Å²) in [6.07, 6.45) is 4.63. The molecule has 0 spiro atoms. The predicted octanol–water partition coefficient (Wildman–Crippen LogP) is 4.95. The molecule has 0 fully saturated rings. The first-order chi connectivity index (χ1) is 16.2. The Balaban J connectivity index is 0.000000438. The molecule has 3 aromatic carbocycles. The molecule has 3 rings (SSSR count). The van der Waals surface area contributed by atoms with Crippen molar-refractivity contribution in [3.63, 3.8) is 0 Å². The van der Waals surface area contributed by atoms with Gasteiger partial charge in [0.2, 0.25) is 0 Å². The fraction of sp³-hybridized carbons (Fsp3) is 0. The Labute approximate surface area is 197 Å². The first-order valence-corrected chi connectivity index (χ1v) is 9.76. The average molecular weight is 462 g/mol. The van der Waals surface area contributed by atoms with Crippen LogP contribution in [0, 0.1) is 0 Å². The summed E-state index contributed by atoms with van der Waals surface area (Å²) in [4.78, 5) is 30.3. The number of aromatic hydroxyl groups is 2. The normalized spacial score (nSPS) is 9.29. The lowest BCUT2D eigenvalue weighted by Gasteiger charge is -1.85. The van der Waals surface area contributed by atoms with Gasteiger partial charge < -0.3 is 20.4 Å². The third kappa shape index (κ3) is 19.1. The molecule has 0 amide bonds. The second kappa shape index (κ2) is 18.8. The van der Waals surface area contributed by atoms with Crippen LogP contribution in [0.5, 0.6) is 11.5 Å². The highest BCUT2D eigenvalue weighted by Gasteiger charge is 1.93. The number of phenols is 2. The summed E-state index contributed by atoms with van der Waals surface area (Å²) in [5.74, 6) is -2.55. The number of carboxylic acids is 2. The molecule has 0 unspecified atom stereocenters. The minimum absolute atomic E-state index is 0.322. The van der Waals surface area contributed by atoms with Crippen molar-refractivity contribution >= 4 is 23.8 Å². The summed E-state index contributed by atoms with van der Waals surface area (Å²) < 4.78 is 0. The summed E-state index contributed by atoms with van der Waals surface area (Å²) in [6, 6.07) is 27.5. The van der Waals surface area contributed by atoms with Crippen molar-refractivity contribution in [2.45, 2.75) is 0 Å². The first kappa shape index (κ1) is 29.1. The topological polar surface area (TPSA) is 132 Å². The zero-order chi connectivity index (χ0) is 25.6. The van der Waals surface area contributed by atoms with E-state index in [4.69, 9.17) is 20.4 Å². The Morgan fingerprint density at radius 1 is 0.559 bits per heavy atom. The molecule has 0 radical (unpaired) electrons. The number of carbonyl (C=O) groups excluding carboxylic acids is 1. The van der Waals surface area contributed by atoms with E-state index in [1.807, 2.05) is 48.5 Å². The molecule has 0 heterocycles. The second-order valence-corrected chi connectivity index (χ2v) is 6.03.